The van der Waals surface area contributed by atoms with Crippen LogP contribution in [0.15, 0.2) is 30.5 Å². The SMILES string of the molecule is Cc1ccnc(-c2cc(O)cc(CC[C@@H]3CCCCN3)c2)n1. The van der Waals surface area contributed by atoms with E-state index in [0.717, 1.165) is 36.2 Å². The number of aryl methyl sites for hydroxylation is 2. The molecule has 1 aromatic carbocycles. The maximum Gasteiger partial charge on any atom is 0.159 e. The number of hydrogen-bond donors (Lipinski definition) is 2. The fraction of sp³-hybridized carbons (Fsp3) is 0.444. The summed E-state index contributed by atoms with van der Waals surface area (Å²) in [6.07, 6.45) is 7.69. The predicted octanol–water partition coefficient (Wildman–Crippen LogP) is 3.23. The zero-order chi connectivity index (χ0) is 15.4. The first-order valence-electron chi connectivity index (χ1n) is 8.07. The lowest BCUT2D eigenvalue weighted by atomic mass is 9.97. The summed E-state index contributed by atoms with van der Waals surface area (Å²) in [6, 6.07) is 8.16. The van der Waals surface area contributed by atoms with Crippen molar-refractivity contribution in [2.24, 2.45) is 0 Å². The fourth-order valence-electron chi connectivity index (χ4n) is 3.05. The van der Waals surface area contributed by atoms with Crippen molar-refractivity contribution in [3.8, 4) is 17.1 Å². The molecule has 4 nitrogen and oxygen atoms in total. The molecule has 0 amide bonds. The average Bonchev–Trinajstić information content (AvgIpc) is 2.53. The number of rotatable bonds is 4. The fourth-order valence-corrected chi connectivity index (χ4v) is 3.05. The number of aromatic hydroxyl groups is 1. The van der Waals surface area contributed by atoms with E-state index in [4.69, 9.17) is 0 Å². The van der Waals surface area contributed by atoms with Gasteiger partial charge in [0.2, 0.25) is 0 Å². The summed E-state index contributed by atoms with van der Waals surface area (Å²) in [5, 5.41) is 13.6. The van der Waals surface area contributed by atoms with Gasteiger partial charge in [-0.25, -0.2) is 9.97 Å². The van der Waals surface area contributed by atoms with Gasteiger partial charge in [-0.15, -0.1) is 0 Å². The number of hydrogen-bond acceptors (Lipinski definition) is 4. The van der Waals surface area contributed by atoms with Gasteiger partial charge in [0, 0.05) is 23.5 Å². The first-order chi connectivity index (χ1) is 10.7. The molecule has 1 aliphatic heterocycles. The van der Waals surface area contributed by atoms with Crippen LogP contribution in [-0.2, 0) is 6.42 Å². The molecule has 0 bridgehead atoms. The van der Waals surface area contributed by atoms with Crippen LogP contribution in [0.25, 0.3) is 11.4 Å². The first kappa shape index (κ1) is 15.0. The van der Waals surface area contributed by atoms with Crippen LogP contribution in [0.5, 0.6) is 5.75 Å². The summed E-state index contributed by atoms with van der Waals surface area (Å²) in [5.41, 5.74) is 2.96. The molecule has 1 aromatic heterocycles. The number of phenolic OH excluding ortho intramolecular Hbond substituents is 1. The maximum atomic E-state index is 9.99. The summed E-state index contributed by atoms with van der Waals surface area (Å²) >= 11 is 0. The van der Waals surface area contributed by atoms with E-state index in [9.17, 15) is 5.11 Å². The highest BCUT2D eigenvalue weighted by Gasteiger charge is 2.13. The van der Waals surface area contributed by atoms with Crippen LogP contribution >= 0.6 is 0 Å². The molecule has 2 aromatic rings. The van der Waals surface area contributed by atoms with Crippen LogP contribution < -0.4 is 5.32 Å². The lowest BCUT2D eigenvalue weighted by Crippen LogP contribution is -2.34. The third-order valence-corrected chi connectivity index (χ3v) is 4.22. The van der Waals surface area contributed by atoms with Gasteiger partial charge in [0.05, 0.1) is 0 Å². The van der Waals surface area contributed by atoms with Gasteiger partial charge in [0.1, 0.15) is 5.75 Å². The Morgan fingerprint density at radius 3 is 2.95 bits per heavy atom. The Balaban J connectivity index is 1.74. The highest BCUT2D eigenvalue weighted by molar-refractivity contribution is 5.59. The Morgan fingerprint density at radius 1 is 1.27 bits per heavy atom. The van der Waals surface area contributed by atoms with Gasteiger partial charge in [0.25, 0.3) is 0 Å². The molecule has 0 unspecified atom stereocenters. The molecule has 3 rings (SSSR count). The normalized spacial score (nSPS) is 18.3. The Labute approximate surface area is 131 Å². The average molecular weight is 297 g/mol. The zero-order valence-corrected chi connectivity index (χ0v) is 13.0. The molecule has 2 heterocycles. The molecule has 0 spiro atoms. The van der Waals surface area contributed by atoms with E-state index in [2.05, 4.69) is 21.4 Å². The molecular formula is C18H23N3O. The highest BCUT2D eigenvalue weighted by Crippen LogP contribution is 2.24. The van der Waals surface area contributed by atoms with Crippen molar-refractivity contribution < 1.29 is 5.11 Å². The summed E-state index contributed by atoms with van der Waals surface area (Å²) < 4.78 is 0. The van der Waals surface area contributed by atoms with Crippen LogP contribution in [0.4, 0.5) is 0 Å². The largest absolute Gasteiger partial charge is 0.508 e. The minimum Gasteiger partial charge on any atom is -0.508 e. The van der Waals surface area contributed by atoms with E-state index < -0.39 is 0 Å². The summed E-state index contributed by atoms with van der Waals surface area (Å²) in [7, 11) is 0. The minimum atomic E-state index is 0.286. The summed E-state index contributed by atoms with van der Waals surface area (Å²) in [4.78, 5) is 8.75. The van der Waals surface area contributed by atoms with E-state index in [-0.39, 0.29) is 5.75 Å². The van der Waals surface area contributed by atoms with Crippen LogP contribution in [0.3, 0.4) is 0 Å². The van der Waals surface area contributed by atoms with Gasteiger partial charge >= 0.3 is 0 Å². The Bertz CT molecular complexity index is 636. The smallest absolute Gasteiger partial charge is 0.159 e. The quantitative estimate of drug-likeness (QED) is 0.909. The van der Waals surface area contributed by atoms with Crippen molar-refractivity contribution in [3.05, 3.63) is 41.7 Å². The lowest BCUT2D eigenvalue weighted by molar-refractivity contribution is 0.382. The predicted molar refractivity (Wildman–Crippen MR) is 87.8 cm³/mol. The Morgan fingerprint density at radius 2 is 2.18 bits per heavy atom. The van der Waals surface area contributed by atoms with Gasteiger partial charge in [0.15, 0.2) is 5.82 Å². The third-order valence-electron chi connectivity index (χ3n) is 4.22. The third kappa shape index (κ3) is 3.83. The topological polar surface area (TPSA) is 58.0 Å². The molecule has 0 aliphatic carbocycles. The minimum absolute atomic E-state index is 0.286. The van der Waals surface area contributed by atoms with Crippen molar-refractivity contribution in [1.29, 1.82) is 0 Å². The molecular weight excluding hydrogens is 274 g/mol. The maximum absolute atomic E-state index is 9.99. The zero-order valence-electron chi connectivity index (χ0n) is 13.0. The Kier molecular flexibility index (Phi) is 4.68. The van der Waals surface area contributed by atoms with Crippen LogP contribution in [-0.4, -0.2) is 27.7 Å². The number of nitrogens with zero attached hydrogens (tertiary/aromatic N) is 2. The molecule has 0 radical (unpaired) electrons. The van der Waals surface area contributed by atoms with E-state index in [1.807, 2.05) is 19.1 Å². The molecule has 1 aliphatic rings. The second-order valence-corrected chi connectivity index (χ2v) is 6.10. The molecule has 2 N–H and O–H groups in total. The van der Waals surface area contributed by atoms with E-state index in [1.54, 1.807) is 12.3 Å². The van der Waals surface area contributed by atoms with Crippen molar-refractivity contribution in [2.75, 3.05) is 6.54 Å². The molecule has 116 valence electrons. The van der Waals surface area contributed by atoms with E-state index >= 15 is 0 Å². The molecule has 0 saturated carbocycles. The van der Waals surface area contributed by atoms with Crippen LogP contribution in [0.1, 0.15) is 36.9 Å². The number of benzene rings is 1. The van der Waals surface area contributed by atoms with Gasteiger partial charge in [-0.3, -0.25) is 0 Å². The number of piperidine rings is 1. The van der Waals surface area contributed by atoms with Gasteiger partial charge in [-0.05, 0) is 69.0 Å². The number of nitrogens with one attached hydrogen (secondary N) is 1. The molecule has 1 saturated heterocycles. The second kappa shape index (κ2) is 6.88. The van der Waals surface area contributed by atoms with E-state index in [1.165, 1.54) is 19.3 Å². The lowest BCUT2D eigenvalue weighted by Gasteiger charge is -2.23. The van der Waals surface area contributed by atoms with Crippen LogP contribution in [0.2, 0.25) is 0 Å². The highest BCUT2D eigenvalue weighted by atomic mass is 16.3. The van der Waals surface area contributed by atoms with E-state index in [0.29, 0.717) is 11.9 Å². The van der Waals surface area contributed by atoms with Crippen molar-refractivity contribution in [1.82, 2.24) is 15.3 Å². The van der Waals surface area contributed by atoms with Crippen LogP contribution in [0, 0.1) is 6.92 Å². The van der Waals surface area contributed by atoms with Gasteiger partial charge in [-0.2, -0.15) is 0 Å². The standard InChI is InChI=1S/C18H23N3O/c1-13-7-9-20-18(21-13)15-10-14(11-17(22)12-15)5-6-16-4-2-3-8-19-16/h7,9-12,16,19,22H,2-6,8H2,1H3/t16-/m0/s1. The molecule has 1 atom stereocenters. The van der Waals surface area contributed by atoms with Gasteiger partial charge < -0.3 is 10.4 Å². The number of aromatic nitrogens is 2. The van der Waals surface area contributed by atoms with Crippen molar-refractivity contribution in [3.63, 3.8) is 0 Å². The van der Waals surface area contributed by atoms with Crippen molar-refractivity contribution >= 4 is 0 Å². The van der Waals surface area contributed by atoms with Crippen molar-refractivity contribution in [2.45, 2.75) is 45.1 Å². The summed E-state index contributed by atoms with van der Waals surface area (Å²) in [5.74, 6) is 0.960. The molecule has 22 heavy (non-hydrogen) atoms. The summed E-state index contributed by atoms with van der Waals surface area (Å²) in [6.45, 7) is 3.08. The van der Waals surface area contributed by atoms with Gasteiger partial charge in [-0.1, -0.05) is 6.42 Å². The molecule has 1 fully saturated rings. The monoisotopic (exact) mass is 297 g/mol. The number of phenols is 1. The first-order valence-corrected chi connectivity index (χ1v) is 8.07. The second-order valence-electron chi connectivity index (χ2n) is 6.10. The Hall–Kier alpha value is -1.94. The molecule has 4 heteroatoms.